The number of hydrogen-bond acceptors (Lipinski definition) is 4. The maximum absolute atomic E-state index is 5.30. The third kappa shape index (κ3) is 3.00. The molecular formula is C9H12BrNO2S. The average molecular weight is 278 g/mol. The van der Waals surface area contributed by atoms with Gasteiger partial charge in [-0.1, -0.05) is 5.16 Å². The molecule has 0 atom stereocenters. The van der Waals surface area contributed by atoms with Crippen molar-refractivity contribution in [2.45, 2.75) is 23.8 Å². The van der Waals surface area contributed by atoms with Crippen LogP contribution in [-0.2, 0) is 10.5 Å². The molecule has 0 saturated carbocycles. The van der Waals surface area contributed by atoms with Crippen LogP contribution < -0.4 is 0 Å². The first-order valence-corrected chi connectivity index (χ1v) is 6.49. The Morgan fingerprint density at radius 1 is 1.50 bits per heavy atom. The second-order valence-corrected chi connectivity index (χ2v) is 5.34. The van der Waals surface area contributed by atoms with Gasteiger partial charge in [0.15, 0.2) is 0 Å². The summed E-state index contributed by atoms with van der Waals surface area (Å²) in [5, 5.41) is 4.50. The number of nitrogens with zero attached hydrogens (tertiary/aromatic N) is 1. The molecule has 1 aliphatic rings. The molecule has 2 rings (SSSR count). The summed E-state index contributed by atoms with van der Waals surface area (Å²) in [6.07, 6.45) is 2.31. The van der Waals surface area contributed by atoms with Crippen LogP contribution in [0.3, 0.4) is 0 Å². The summed E-state index contributed by atoms with van der Waals surface area (Å²) in [5.74, 6) is 1.84. The Labute approximate surface area is 95.7 Å². The van der Waals surface area contributed by atoms with Crippen molar-refractivity contribution < 1.29 is 9.26 Å². The van der Waals surface area contributed by atoms with Crippen LogP contribution in [0.2, 0.25) is 0 Å². The lowest BCUT2D eigenvalue weighted by Gasteiger charge is -2.20. The monoisotopic (exact) mass is 277 g/mol. The van der Waals surface area contributed by atoms with Crippen LogP contribution in [-0.4, -0.2) is 23.6 Å². The van der Waals surface area contributed by atoms with Crippen LogP contribution in [0.25, 0.3) is 0 Å². The number of aromatic nitrogens is 1. The lowest BCUT2D eigenvalue weighted by atomic mass is 10.2. The van der Waals surface area contributed by atoms with Gasteiger partial charge in [0.25, 0.3) is 0 Å². The standard InChI is InChI=1S/C9H12BrNO2S/c10-9-5-7(13-11-9)6-14-8-1-3-12-4-2-8/h5,8H,1-4,6H2. The fourth-order valence-electron chi connectivity index (χ4n) is 1.40. The van der Waals surface area contributed by atoms with Gasteiger partial charge in [-0.2, -0.15) is 11.8 Å². The van der Waals surface area contributed by atoms with Crippen LogP contribution in [0.4, 0.5) is 0 Å². The zero-order chi connectivity index (χ0) is 9.80. The molecule has 0 spiro atoms. The minimum atomic E-state index is 0.715. The molecule has 0 aliphatic carbocycles. The van der Waals surface area contributed by atoms with E-state index in [0.29, 0.717) is 5.25 Å². The van der Waals surface area contributed by atoms with Gasteiger partial charge in [0, 0.05) is 24.5 Å². The molecule has 1 aromatic rings. The van der Waals surface area contributed by atoms with Crippen molar-refractivity contribution in [3.05, 3.63) is 16.4 Å². The molecule has 0 unspecified atom stereocenters. The highest BCUT2D eigenvalue weighted by molar-refractivity contribution is 9.10. The molecular weight excluding hydrogens is 266 g/mol. The Morgan fingerprint density at radius 3 is 2.93 bits per heavy atom. The molecule has 2 heterocycles. The van der Waals surface area contributed by atoms with Crippen molar-refractivity contribution >= 4 is 27.7 Å². The van der Waals surface area contributed by atoms with Crippen molar-refractivity contribution in [1.82, 2.24) is 5.16 Å². The van der Waals surface area contributed by atoms with Crippen LogP contribution in [0.5, 0.6) is 0 Å². The van der Waals surface area contributed by atoms with Crippen LogP contribution in [0.15, 0.2) is 15.2 Å². The summed E-state index contributed by atoms with van der Waals surface area (Å²) >= 11 is 5.19. The second-order valence-electron chi connectivity index (χ2n) is 3.24. The van der Waals surface area contributed by atoms with Gasteiger partial charge in [0.05, 0.1) is 5.75 Å². The number of rotatable bonds is 3. The Balaban J connectivity index is 1.76. The number of thioether (sulfide) groups is 1. The molecule has 0 N–H and O–H groups in total. The molecule has 0 radical (unpaired) electrons. The molecule has 78 valence electrons. The fourth-order valence-corrected chi connectivity index (χ4v) is 2.79. The molecule has 0 amide bonds. The maximum atomic E-state index is 5.30. The predicted molar refractivity (Wildman–Crippen MR) is 59.3 cm³/mol. The predicted octanol–water partition coefficient (Wildman–Crippen LogP) is 2.85. The zero-order valence-electron chi connectivity index (χ0n) is 7.74. The molecule has 0 aromatic carbocycles. The summed E-state index contributed by atoms with van der Waals surface area (Å²) in [6, 6.07) is 1.92. The van der Waals surface area contributed by atoms with Gasteiger partial charge in [0.2, 0.25) is 0 Å². The maximum Gasteiger partial charge on any atom is 0.149 e. The topological polar surface area (TPSA) is 35.3 Å². The van der Waals surface area contributed by atoms with Crippen molar-refractivity contribution in [2.24, 2.45) is 0 Å². The Bertz CT molecular complexity index is 286. The van der Waals surface area contributed by atoms with Gasteiger partial charge in [-0.3, -0.25) is 0 Å². The molecule has 1 aromatic heterocycles. The largest absolute Gasteiger partial charge is 0.381 e. The first-order chi connectivity index (χ1) is 6.84. The van der Waals surface area contributed by atoms with Gasteiger partial charge in [-0.25, -0.2) is 0 Å². The summed E-state index contributed by atoms with van der Waals surface area (Å²) in [4.78, 5) is 0. The fraction of sp³-hybridized carbons (Fsp3) is 0.667. The van der Waals surface area contributed by atoms with E-state index in [0.717, 1.165) is 42.2 Å². The van der Waals surface area contributed by atoms with E-state index < -0.39 is 0 Å². The summed E-state index contributed by atoms with van der Waals surface area (Å²) in [5.41, 5.74) is 0. The third-order valence-electron chi connectivity index (χ3n) is 2.16. The molecule has 0 bridgehead atoms. The molecule has 1 fully saturated rings. The zero-order valence-corrected chi connectivity index (χ0v) is 10.1. The van der Waals surface area contributed by atoms with Gasteiger partial charge in [-0.15, -0.1) is 0 Å². The van der Waals surface area contributed by atoms with Crippen molar-refractivity contribution in [3.63, 3.8) is 0 Å². The number of halogens is 1. The van der Waals surface area contributed by atoms with E-state index in [1.807, 2.05) is 17.8 Å². The van der Waals surface area contributed by atoms with Crippen molar-refractivity contribution in [2.75, 3.05) is 13.2 Å². The Hall–Kier alpha value is -0.0000000000000000555. The van der Waals surface area contributed by atoms with E-state index in [1.54, 1.807) is 0 Å². The van der Waals surface area contributed by atoms with E-state index >= 15 is 0 Å². The lowest BCUT2D eigenvalue weighted by Crippen LogP contribution is -2.17. The lowest BCUT2D eigenvalue weighted by molar-refractivity contribution is 0.1000. The molecule has 3 nitrogen and oxygen atoms in total. The third-order valence-corrected chi connectivity index (χ3v) is 3.93. The van der Waals surface area contributed by atoms with Crippen molar-refractivity contribution in [1.29, 1.82) is 0 Å². The van der Waals surface area contributed by atoms with E-state index in [1.165, 1.54) is 0 Å². The summed E-state index contributed by atoms with van der Waals surface area (Å²) in [6.45, 7) is 1.80. The SMILES string of the molecule is Brc1cc(CSC2CCOCC2)on1. The van der Waals surface area contributed by atoms with Gasteiger partial charge in [0.1, 0.15) is 10.4 Å². The van der Waals surface area contributed by atoms with Crippen molar-refractivity contribution in [3.8, 4) is 0 Å². The Kier molecular flexibility index (Phi) is 3.89. The Morgan fingerprint density at radius 2 is 2.29 bits per heavy atom. The minimum Gasteiger partial charge on any atom is -0.381 e. The molecule has 1 saturated heterocycles. The van der Waals surface area contributed by atoms with E-state index in [-0.39, 0.29) is 0 Å². The van der Waals surface area contributed by atoms with E-state index in [4.69, 9.17) is 9.26 Å². The second kappa shape index (κ2) is 5.19. The average Bonchev–Trinajstić information content (AvgIpc) is 2.63. The minimum absolute atomic E-state index is 0.715. The highest BCUT2D eigenvalue weighted by Crippen LogP contribution is 2.26. The number of hydrogen-bond donors (Lipinski definition) is 0. The first kappa shape index (κ1) is 10.5. The normalized spacial score (nSPS) is 18.6. The molecule has 1 aliphatic heterocycles. The van der Waals surface area contributed by atoms with E-state index in [2.05, 4.69) is 21.1 Å². The number of ether oxygens (including phenoxy) is 1. The summed E-state index contributed by atoms with van der Waals surface area (Å²) < 4.78 is 11.2. The van der Waals surface area contributed by atoms with Crippen LogP contribution in [0, 0.1) is 0 Å². The highest BCUT2D eigenvalue weighted by Gasteiger charge is 2.15. The smallest absolute Gasteiger partial charge is 0.149 e. The summed E-state index contributed by atoms with van der Waals surface area (Å²) in [7, 11) is 0. The quantitative estimate of drug-likeness (QED) is 0.851. The first-order valence-electron chi connectivity index (χ1n) is 4.65. The van der Waals surface area contributed by atoms with Crippen LogP contribution >= 0.6 is 27.7 Å². The van der Waals surface area contributed by atoms with Gasteiger partial charge in [-0.05, 0) is 28.8 Å². The van der Waals surface area contributed by atoms with Gasteiger partial charge >= 0.3 is 0 Å². The van der Waals surface area contributed by atoms with Crippen LogP contribution in [0.1, 0.15) is 18.6 Å². The van der Waals surface area contributed by atoms with Gasteiger partial charge < -0.3 is 9.26 Å². The highest BCUT2D eigenvalue weighted by atomic mass is 79.9. The van der Waals surface area contributed by atoms with E-state index in [9.17, 15) is 0 Å². The molecule has 14 heavy (non-hydrogen) atoms. The molecule has 5 heteroatoms.